The molecule has 27 heavy (non-hydrogen) atoms. The molecule has 3 aromatic rings. The Hall–Kier alpha value is -2.67. The summed E-state index contributed by atoms with van der Waals surface area (Å²) in [5, 5.41) is 3.62. The first-order chi connectivity index (χ1) is 13.0. The van der Waals surface area contributed by atoms with Gasteiger partial charge in [-0.1, -0.05) is 36.9 Å². The number of aryl methyl sites for hydroxylation is 1. The highest BCUT2D eigenvalue weighted by atomic mass is 32.2. The average molecular weight is 382 g/mol. The molecule has 2 heterocycles. The zero-order chi connectivity index (χ0) is 19.4. The van der Waals surface area contributed by atoms with E-state index in [2.05, 4.69) is 15.3 Å². The summed E-state index contributed by atoms with van der Waals surface area (Å²) in [7, 11) is 0. The van der Waals surface area contributed by atoms with E-state index < -0.39 is 0 Å². The summed E-state index contributed by atoms with van der Waals surface area (Å²) in [6, 6.07) is 12.8. The quantitative estimate of drug-likeness (QED) is 0.520. The molecule has 0 aliphatic carbocycles. The number of amides is 1. The van der Waals surface area contributed by atoms with Crippen LogP contribution >= 0.6 is 11.8 Å². The highest BCUT2D eigenvalue weighted by Gasteiger charge is 2.22. The van der Waals surface area contributed by atoms with Gasteiger partial charge in [-0.25, -0.2) is 9.97 Å². The Labute approximate surface area is 162 Å². The lowest BCUT2D eigenvalue weighted by Crippen LogP contribution is -2.28. The number of thioether (sulfide) groups is 1. The number of carbonyl (C=O) groups excluding carboxylic acids is 1. The van der Waals surface area contributed by atoms with Crippen LogP contribution in [0, 0.1) is 6.92 Å². The number of hydrogen-bond donors (Lipinski definition) is 1. The van der Waals surface area contributed by atoms with Crippen molar-refractivity contribution in [3.8, 4) is 0 Å². The van der Waals surface area contributed by atoms with Crippen LogP contribution in [0.1, 0.15) is 26.0 Å². The van der Waals surface area contributed by atoms with E-state index in [9.17, 15) is 9.59 Å². The van der Waals surface area contributed by atoms with E-state index in [1.54, 1.807) is 16.7 Å². The summed E-state index contributed by atoms with van der Waals surface area (Å²) < 4.78 is 1.62. The summed E-state index contributed by atoms with van der Waals surface area (Å²) in [6.45, 7) is 6.22. The van der Waals surface area contributed by atoms with Gasteiger partial charge < -0.3 is 5.32 Å². The smallest absolute Gasteiger partial charge is 0.262 e. The molecule has 0 radical (unpaired) electrons. The maximum atomic E-state index is 12.7. The number of carbonyl (C=O) groups is 1. The van der Waals surface area contributed by atoms with Crippen molar-refractivity contribution >= 4 is 34.4 Å². The van der Waals surface area contributed by atoms with Crippen molar-refractivity contribution in [3.63, 3.8) is 0 Å². The van der Waals surface area contributed by atoms with Crippen LogP contribution in [-0.2, 0) is 11.3 Å². The Morgan fingerprint density at radius 2 is 1.93 bits per heavy atom. The lowest BCUT2D eigenvalue weighted by Gasteiger charge is -2.17. The first-order valence-electron chi connectivity index (χ1n) is 8.94. The molecule has 0 bridgehead atoms. The lowest BCUT2D eigenvalue weighted by molar-refractivity contribution is -0.115. The van der Waals surface area contributed by atoms with Crippen LogP contribution in [-0.4, -0.2) is 25.7 Å². The van der Waals surface area contributed by atoms with Crippen LogP contribution in [0.5, 0.6) is 0 Å². The number of hydrogen-bond acceptors (Lipinski definition) is 5. The normalized spacial score (nSPS) is 12.1. The molecular weight excluding hydrogens is 360 g/mol. The predicted molar refractivity (Wildman–Crippen MR) is 109 cm³/mol. The van der Waals surface area contributed by atoms with Crippen molar-refractivity contribution in [1.29, 1.82) is 0 Å². The molecule has 0 spiro atoms. The zero-order valence-corrected chi connectivity index (χ0v) is 16.4. The second-order valence-corrected chi connectivity index (χ2v) is 7.30. The Kier molecular flexibility index (Phi) is 5.91. The van der Waals surface area contributed by atoms with Crippen molar-refractivity contribution in [3.05, 3.63) is 58.5 Å². The second-order valence-electron chi connectivity index (χ2n) is 6.13. The third-order valence-electron chi connectivity index (χ3n) is 4.19. The van der Waals surface area contributed by atoms with Gasteiger partial charge in [-0.15, -0.1) is 0 Å². The molecule has 1 amide bonds. The van der Waals surface area contributed by atoms with E-state index in [0.29, 0.717) is 34.8 Å². The van der Waals surface area contributed by atoms with Crippen LogP contribution in [0.2, 0.25) is 0 Å². The molecule has 6 nitrogen and oxygen atoms in total. The Balaban J connectivity index is 1.89. The lowest BCUT2D eigenvalue weighted by atomic mass is 10.2. The van der Waals surface area contributed by atoms with Crippen molar-refractivity contribution in [1.82, 2.24) is 14.5 Å². The standard InChI is InChI=1S/C20H22N4O2S/c1-4-16(18(25)23-17-12-8-9-13(3)21-17)27-20-22-15-11-7-6-10-14(15)19(26)24(20)5-2/h6-12,16H,4-5H2,1-3H3,(H,21,23,25). The number of fused-ring (bicyclic) bond motifs is 1. The Morgan fingerprint density at radius 3 is 2.63 bits per heavy atom. The SMILES string of the molecule is CCC(Sc1nc2ccccc2c(=O)n1CC)C(=O)Nc1cccc(C)n1. The number of nitrogens with one attached hydrogen (secondary N) is 1. The number of aromatic nitrogens is 3. The molecule has 2 aromatic heterocycles. The molecule has 1 atom stereocenters. The van der Waals surface area contributed by atoms with Gasteiger partial charge in [0.1, 0.15) is 5.82 Å². The van der Waals surface area contributed by atoms with E-state index in [4.69, 9.17) is 0 Å². The largest absolute Gasteiger partial charge is 0.310 e. The molecule has 0 aliphatic heterocycles. The van der Waals surface area contributed by atoms with Crippen molar-refractivity contribution in [2.75, 3.05) is 5.32 Å². The van der Waals surface area contributed by atoms with E-state index in [-0.39, 0.29) is 16.7 Å². The molecule has 1 aromatic carbocycles. The molecule has 7 heteroatoms. The van der Waals surface area contributed by atoms with Gasteiger partial charge in [-0.2, -0.15) is 0 Å². The average Bonchev–Trinajstić information content (AvgIpc) is 2.66. The highest BCUT2D eigenvalue weighted by Crippen LogP contribution is 2.25. The fourth-order valence-electron chi connectivity index (χ4n) is 2.79. The monoisotopic (exact) mass is 382 g/mol. The number of pyridine rings is 1. The third-order valence-corrected chi connectivity index (χ3v) is 5.55. The van der Waals surface area contributed by atoms with Crippen LogP contribution < -0.4 is 10.9 Å². The topological polar surface area (TPSA) is 76.9 Å². The molecule has 0 aliphatic rings. The van der Waals surface area contributed by atoms with E-state index in [0.717, 1.165) is 5.69 Å². The van der Waals surface area contributed by atoms with Crippen LogP contribution in [0.3, 0.4) is 0 Å². The fraction of sp³-hybridized carbons (Fsp3) is 0.300. The van der Waals surface area contributed by atoms with Gasteiger partial charge in [0, 0.05) is 12.2 Å². The molecule has 0 fully saturated rings. The summed E-state index contributed by atoms with van der Waals surface area (Å²) in [5.41, 5.74) is 1.40. The summed E-state index contributed by atoms with van der Waals surface area (Å²) in [5.74, 6) is 0.379. The highest BCUT2D eigenvalue weighted by molar-refractivity contribution is 8.00. The molecule has 1 N–H and O–H groups in total. The number of anilines is 1. The molecular formula is C20H22N4O2S. The summed E-state index contributed by atoms with van der Waals surface area (Å²) >= 11 is 1.31. The van der Waals surface area contributed by atoms with Gasteiger partial charge >= 0.3 is 0 Å². The number of benzene rings is 1. The minimum atomic E-state index is -0.377. The summed E-state index contributed by atoms with van der Waals surface area (Å²) in [6.07, 6.45) is 0.606. The van der Waals surface area contributed by atoms with Gasteiger partial charge in [0.2, 0.25) is 5.91 Å². The van der Waals surface area contributed by atoms with Crippen molar-refractivity contribution < 1.29 is 4.79 Å². The predicted octanol–water partition coefficient (Wildman–Crippen LogP) is 3.63. The van der Waals surface area contributed by atoms with Crippen LogP contribution in [0.4, 0.5) is 5.82 Å². The third kappa shape index (κ3) is 4.19. The van der Waals surface area contributed by atoms with Gasteiger partial charge in [0.05, 0.1) is 16.2 Å². The van der Waals surface area contributed by atoms with Crippen molar-refractivity contribution in [2.24, 2.45) is 0 Å². The Bertz CT molecular complexity index is 1030. The second kappa shape index (κ2) is 8.35. The fourth-order valence-corrected chi connectivity index (χ4v) is 3.86. The van der Waals surface area contributed by atoms with E-state index in [1.807, 2.05) is 51.1 Å². The van der Waals surface area contributed by atoms with Gasteiger partial charge in [0.15, 0.2) is 5.16 Å². The minimum Gasteiger partial charge on any atom is -0.310 e. The molecule has 3 rings (SSSR count). The molecule has 0 saturated heterocycles. The van der Waals surface area contributed by atoms with Gasteiger partial charge in [-0.3, -0.25) is 14.2 Å². The minimum absolute atomic E-state index is 0.0822. The Morgan fingerprint density at radius 1 is 1.15 bits per heavy atom. The number of nitrogens with zero attached hydrogens (tertiary/aromatic N) is 3. The van der Waals surface area contributed by atoms with Crippen LogP contribution in [0.15, 0.2) is 52.4 Å². The molecule has 1 unspecified atom stereocenters. The maximum absolute atomic E-state index is 12.7. The van der Waals surface area contributed by atoms with E-state index in [1.165, 1.54) is 11.8 Å². The molecule has 140 valence electrons. The van der Waals surface area contributed by atoms with E-state index >= 15 is 0 Å². The number of rotatable bonds is 6. The van der Waals surface area contributed by atoms with Crippen molar-refractivity contribution in [2.45, 2.75) is 44.1 Å². The maximum Gasteiger partial charge on any atom is 0.262 e. The van der Waals surface area contributed by atoms with Gasteiger partial charge in [-0.05, 0) is 44.5 Å². The summed E-state index contributed by atoms with van der Waals surface area (Å²) in [4.78, 5) is 34.4. The van der Waals surface area contributed by atoms with Crippen LogP contribution in [0.25, 0.3) is 10.9 Å². The van der Waals surface area contributed by atoms with Gasteiger partial charge in [0.25, 0.3) is 5.56 Å². The number of para-hydroxylation sites is 1. The molecule has 0 saturated carbocycles. The first-order valence-corrected chi connectivity index (χ1v) is 9.82. The zero-order valence-electron chi connectivity index (χ0n) is 15.6. The first kappa shape index (κ1) is 19.1.